The number of likely N-dealkylation sites (tertiary alicyclic amines) is 1. The van der Waals surface area contributed by atoms with E-state index >= 15 is 0 Å². The molecule has 2 atom stereocenters. The molecule has 1 aromatic carbocycles. The highest BCUT2D eigenvalue weighted by molar-refractivity contribution is 5.95. The molecule has 10 nitrogen and oxygen atoms in total. The lowest BCUT2D eigenvalue weighted by molar-refractivity contribution is -0.144. The highest BCUT2D eigenvalue weighted by atomic mass is 19.1. The number of aliphatic carboxylic acids is 1. The molecule has 0 bridgehead atoms. The Hall–Kier alpha value is -3.21. The van der Waals surface area contributed by atoms with E-state index in [0.717, 1.165) is 12.8 Å². The molecule has 1 N–H and O–H groups in total. The van der Waals surface area contributed by atoms with Crippen molar-refractivity contribution in [1.29, 1.82) is 0 Å². The van der Waals surface area contributed by atoms with Crippen LogP contribution < -0.4 is 0 Å². The predicted molar refractivity (Wildman–Crippen MR) is 130 cm³/mol. The van der Waals surface area contributed by atoms with Crippen molar-refractivity contribution in [3.8, 4) is 0 Å². The van der Waals surface area contributed by atoms with E-state index in [2.05, 4.69) is 4.98 Å². The third kappa shape index (κ3) is 6.31. The van der Waals surface area contributed by atoms with Crippen molar-refractivity contribution in [3.05, 3.63) is 29.8 Å². The highest BCUT2D eigenvalue weighted by Gasteiger charge is 2.39. The number of carbonyl (C=O) groups is 3. The molecule has 0 aliphatic carbocycles. The number of carbonyl (C=O) groups excluding carboxylic acids is 2. The van der Waals surface area contributed by atoms with Crippen LogP contribution in [0.15, 0.2) is 18.2 Å². The molecule has 1 aliphatic rings. The van der Waals surface area contributed by atoms with E-state index in [1.54, 1.807) is 22.6 Å². The number of methoxy groups -OCH3 is 2. The Morgan fingerprint density at radius 3 is 2.61 bits per heavy atom. The Morgan fingerprint density at radius 1 is 1.22 bits per heavy atom. The fourth-order valence-corrected chi connectivity index (χ4v) is 4.68. The Kier molecular flexibility index (Phi) is 9.25. The van der Waals surface area contributed by atoms with Crippen LogP contribution in [0, 0.1) is 17.7 Å². The van der Waals surface area contributed by atoms with Gasteiger partial charge in [0.1, 0.15) is 5.82 Å². The number of unbranched alkanes of at least 4 members (excludes halogenated alkanes) is 1. The Balaban J connectivity index is 2.00. The molecule has 3 rings (SSSR count). The van der Waals surface area contributed by atoms with Gasteiger partial charge in [-0.05, 0) is 37.3 Å². The van der Waals surface area contributed by atoms with E-state index in [0.29, 0.717) is 30.7 Å². The SMILES string of the molecule is COCCCCn1c(C(=O)N(CC(C)C)[C@H]2C[C@@H](C(=O)O)CN(C(=O)OC)C2)nc2cc(F)ccc21. The van der Waals surface area contributed by atoms with E-state index < -0.39 is 29.8 Å². The van der Waals surface area contributed by atoms with Gasteiger partial charge in [-0.25, -0.2) is 14.2 Å². The van der Waals surface area contributed by atoms with Gasteiger partial charge in [0.15, 0.2) is 5.82 Å². The maximum absolute atomic E-state index is 14.0. The van der Waals surface area contributed by atoms with Gasteiger partial charge in [0, 0.05) is 46.0 Å². The van der Waals surface area contributed by atoms with Crippen LogP contribution in [0.1, 0.15) is 43.7 Å². The van der Waals surface area contributed by atoms with Gasteiger partial charge < -0.3 is 28.9 Å². The molecule has 198 valence electrons. The molecule has 2 aromatic rings. The lowest BCUT2D eigenvalue weighted by atomic mass is 9.92. The van der Waals surface area contributed by atoms with E-state index in [-0.39, 0.29) is 37.2 Å². The molecule has 2 heterocycles. The van der Waals surface area contributed by atoms with Crippen LogP contribution >= 0.6 is 0 Å². The summed E-state index contributed by atoms with van der Waals surface area (Å²) < 4.78 is 25.7. The number of halogens is 1. The smallest absolute Gasteiger partial charge is 0.409 e. The summed E-state index contributed by atoms with van der Waals surface area (Å²) in [6, 6.07) is 3.69. The minimum atomic E-state index is -1.04. The van der Waals surface area contributed by atoms with Gasteiger partial charge in [-0.15, -0.1) is 0 Å². The first-order valence-corrected chi connectivity index (χ1v) is 12.2. The van der Waals surface area contributed by atoms with Crippen LogP contribution in [0.3, 0.4) is 0 Å². The van der Waals surface area contributed by atoms with Crippen LogP contribution in [-0.2, 0) is 20.8 Å². The summed E-state index contributed by atoms with van der Waals surface area (Å²) in [4.78, 5) is 45.6. The van der Waals surface area contributed by atoms with Gasteiger partial charge in [-0.2, -0.15) is 0 Å². The number of nitrogens with zero attached hydrogens (tertiary/aromatic N) is 4. The van der Waals surface area contributed by atoms with Crippen LogP contribution in [0.2, 0.25) is 0 Å². The average molecular weight is 507 g/mol. The second kappa shape index (κ2) is 12.2. The predicted octanol–water partition coefficient (Wildman–Crippen LogP) is 3.24. The lowest BCUT2D eigenvalue weighted by Crippen LogP contribution is -2.56. The standard InChI is InChI=1S/C25H35FN4O6/c1-16(2)13-30(19-11-17(24(32)33)14-28(15-19)25(34)36-4)23(31)22-27-20-12-18(26)7-8-21(20)29(22)9-5-6-10-35-3/h7-8,12,16-17,19H,5-6,9-11,13-15H2,1-4H3,(H,32,33)/t17-,19+/m1/s1. The normalized spacial score (nSPS) is 18.0. The molecular formula is C25H35FN4O6. The lowest BCUT2D eigenvalue weighted by Gasteiger charge is -2.41. The van der Waals surface area contributed by atoms with Crippen LogP contribution in [0.5, 0.6) is 0 Å². The number of piperidine rings is 1. The number of hydrogen-bond acceptors (Lipinski definition) is 6. The Labute approximate surface area is 210 Å². The first-order chi connectivity index (χ1) is 17.2. The van der Waals surface area contributed by atoms with Crippen molar-refractivity contribution < 1.29 is 33.4 Å². The Morgan fingerprint density at radius 2 is 1.97 bits per heavy atom. The average Bonchev–Trinajstić information content (AvgIpc) is 3.21. The monoisotopic (exact) mass is 506 g/mol. The number of hydrogen-bond donors (Lipinski definition) is 1. The topological polar surface area (TPSA) is 114 Å². The molecule has 1 aromatic heterocycles. The number of amides is 2. The third-order valence-corrected chi connectivity index (χ3v) is 6.36. The number of imidazole rings is 1. The summed E-state index contributed by atoms with van der Waals surface area (Å²) in [5.41, 5.74) is 1.02. The minimum absolute atomic E-state index is 0.0134. The molecule has 1 fully saturated rings. The van der Waals surface area contributed by atoms with Gasteiger partial charge in [-0.3, -0.25) is 9.59 Å². The first kappa shape index (κ1) is 27.4. The summed E-state index contributed by atoms with van der Waals surface area (Å²) >= 11 is 0. The van der Waals surface area contributed by atoms with E-state index in [4.69, 9.17) is 9.47 Å². The zero-order valence-electron chi connectivity index (χ0n) is 21.3. The number of ether oxygens (including phenoxy) is 2. The molecule has 36 heavy (non-hydrogen) atoms. The summed E-state index contributed by atoms with van der Waals surface area (Å²) in [6.07, 6.45) is 1.06. The molecule has 1 saturated heterocycles. The molecule has 0 unspecified atom stereocenters. The van der Waals surface area contributed by atoms with Crippen molar-refractivity contribution >= 4 is 29.0 Å². The van der Waals surface area contributed by atoms with Gasteiger partial charge in [-0.1, -0.05) is 13.8 Å². The minimum Gasteiger partial charge on any atom is -0.481 e. The number of carboxylic acids is 1. The highest BCUT2D eigenvalue weighted by Crippen LogP contribution is 2.26. The molecule has 0 radical (unpaired) electrons. The largest absolute Gasteiger partial charge is 0.481 e. The molecule has 0 spiro atoms. The van der Waals surface area contributed by atoms with Crippen molar-refractivity contribution in [1.82, 2.24) is 19.4 Å². The fourth-order valence-electron chi connectivity index (χ4n) is 4.68. The second-order valence-corrected chi connectivity index (χ2v) is 9.57. The number of aryl methyl sites for hydroxylation is 1. The quantitative estimate of drug-likeness (QED) is 0.492. The van der Waals surface area contributed by atoms with E-state index in [9.17, 15) is 23.9 Å². The van der Waals surface area contributed by atoms with Gasteiger partial charge in [0.2, 0.25) is 0 Å². The van der Waals surface area contributed by atoms with Gasteiger partial charge >= 0.3 is 12.1 Å². The maximum atomic E-state index is 14.0. The summed E-state index contributed by atoms with van der Waals surface area (Å²) in [7, 11) is 2.87. The maximum Gasteiger partial charge on any atom is 0.409 e. The van der Waals surface area contributed by atoms with Crippen LogP contribution in [-0.4, -0.2) is 88.9 Å². The number of benzene rings is 1. The third-order valence-electron chi connectivity index (χ3n) is 6.36. The summed E-state index contributed by atoms with van der Waals surface area (Å²) in [5.74, 6) is -2.47. The number of fused-ring (bicyclic) bond motifs is 1. The van der Waals surface area contributed by atoms with Crippen molar-refractivity contribution in [3.63, 3.8) is 0 Å². The molecular weight excluding hydrogens is 471 g/mol. The van der Waals surface area contributed by atoms with Crippen molar-refractivity contribution in [2.75, 3.05) is 40.5 Å². The van der Waals surface area contributed by atoms with Crippen molar-refractivity contribution in [2.45, 2.75) is 45.7 Å². The van der Waals surface area contributed by atoms with Crippen LogP contribution in [0.4, 0.5) is 9.18 Å². The fraction of sp³-hybridized carbons (Fsp3) is 0.600. The second-order valence-electron chi connectivity index (χ2n) is 9.57. The number of rotatable bonds is 10. The van der Waals surface area contributed by atoms with Gasteiger partial charge in [0.25, 0.3) is 5.91 Å². The number of carboxylic acid groups (broad SMARTS) is 1. The molecule has 0 saturated carbocycles. The zero-order valence-corrected chi connectivity index (χ0v) is 21.3. The number of aromatic nitrogens is 2. The Bertz CT molecular complexity index is 1090. The molecule has 2 amide bonds. The van der Waals surface area contributed by atoms with Crippen molar-refractivity contribution in [2.24, 2.45) is 11.8 Å². The van der Waals surface area contributed by atoms with E-state index in [1.807, 2.05) is 13.8 Å². The summed E-state index contributed by atoms with van der Waals surface area (Å²) in [6.45, 7) is 5.48. The zero-order chi connectivity index (χ0) is 26.4. The summed E-state index contributed by atoms with van der Waals surface area (Å²) in [5, 5.41) is 9.71. The molecule has 11 heteroatoms. The molecule has 1 aliphatic heterocycles. The van der Waals surface area contributed by atoms with Crippen LogP contribution in [0.25, 0.3) is 11.0 Å². The first-order valence-electron chi connectivity index (χ1n) is 12.2. The van der Waals surface area contributed by atoms with Gasteiger partial charge in [0.05, 0.1) is 30.1 Å². The van der Waals surface area contributed by atoms with E-state index in [1.165, 1.54) is 24.1 Å².